The van der Waals surface area contributed by atoms with Crippen LogP contribution >= 0.6 is 0 Å². The Balaban J connectivity index is 1.79. The molecule has 4 atom stereocenters. The molecule has 2 N–H and O–H groups in total. The molecule has 2 aliphatic rings. The molecule has 0 aromatic heterocycles. The van der Waals surface area contributed by atoms with Crippen LogP contribution in [0.5, 0.6) is 0 Å². The van der Waals surface area contributed by atoms with E-state index in [1.165, 1.54) is 0 Å². The van der Waals surface area contributed by atoms with Crippen molar-refractivity contribution in [2.45, 2.75) is 50.3 Å². The van der Waals surface area contributed by atoms with Gasteiger partial charge >= 0.3 is 0 Å². The van der Waals surface area contributed by atoms with Gasteiger partial charge in [-0.05, 0) is 31.6 Å². The Labute approximate surface area is 142 Å². The first-order valence-corrected chi connectivity index (χ1v) is 11.7. The van der Waals surface area contributed by atoms with Gasteiger partial charge in [-0.3, -0.25) is 9.20 Å². The molecule has 1 heterocycles. The summed E-state index contributed by atoms with van der Waals surface area (Å²) in [6, 6.07) is 0.294. The van der Waals surface area contributed by atoms with Crippen LogP contribution in [0.25, 0.3) is 0 Å². The first kappa shape index (κ1) is 18.7. The molecular weight excluding hydrogens is 334 g/mol. The number of nitrogens with zero attached hydrogens (tertiary/aromatic N) is 1. The molecule has 2 fully saturated rings. The molecule has 0 radical (unpaired) electrons. The highest BCUT2D eigenvalue weighted by Gasteiger charge is 2.29. The van der Waals surface area contributed by atoms with Crippen LogP contribution in [-0.2, 0) is 20.6 Å². The summed E-state index contributed by atoms with van der Waals surface area (Å²) in [4.78, 5) is 4.24. The number of nitrogens with one attached hydrogen (secondary N) is 2. The van der Waals surface area contributed by atoms with E-state index >= 15 is 0 Å². The lowest BCUT2D eigenvalue weighted by Crippen LogP contribution is -2.47. The molecule has 8 heteroatoms. The minimum absolute atomic E-state index is 0.172. The van der Waals surface area contributed by atoms with Crippen LogP contribution < -0.4 is 10.6 Å². The van der Waals surface area contributed by atoms with Crippen molar-refractivity contribution in [1.82, 2.24) is 10.6 Å². The number of hydrogen-bond acceptors (Lipinski definition) is 4. The van der Waals surface area contributed by atoms with Gasteiger partial charge in [0.2, 0.25) is 0 Å². The predicted octanol–water partition coefficient (Wildman–Crippen LogP) is 0.666. The van der Waals surface area contributed by atoms with Gasteiger partial charge in [0.1, 0.15) is 0 Å². The lowest BCUT2D eigenvalue weighted by molar-refractivity contribution is 0.412. The normalized spacial score (nSPS) is 32.4. The molecule has 0 aromatic rings. The van der Waals surface area contributed by atoms with Crippen molar-refractivity contribution in [3.8, 4) is 0 Å². The topological polar surface area (TPSA) is 87.6 Å². The van der Waals surface area contributed by atoms with Crippen molar-refractivity contribution >= 4 is 26.6 Å². The van der Waals surface area contributed by atoms with Crippen LogP contribution in [0.15, 0.2) is 4.99 Å². The summed E-state index contributed by atoms with van der Waals surface area (Å²) in [6.07, 6.45) is 4.85. The molecular formula is C15H29N3O3S2. The smallest absolute Gasteiger partial charge is 0.191 e. The van der Waals surface area contributed by atoms with E-state index in [0.717, 1.165) is 43.8 Å². The molecule has 1 aliphatic carbocycles. The van der Waals surface area contributed by atoms with E-state index in [1.54, 1.807) is 7.05 Å². The maximum atomic E-state index is 12.0. The maximum Gasteiger partial charge on any atom is 0.191 e. The first-order chi connectivity index (χ1) is 10.9. The van der Waals surface area contributed by atoms with Crippen molar-refractivity contribution in [3.63, 3.8) is 0 Å². The van der Waals surface area contributed by atoms with Crippen molar-refractivity contribution in [2.75, 3.05) is 30.9 Å². The van der Waals surface area contributed by atoms with Crippen molar-refractivity contribution < 1.29 is 12.6 Å². The van der Waals surface area contributed by atoms with Crippen LogP contribution in [0.3, 0.4) is 0 Å². The van der Waals surface area contributed by atoms with Gasteiger partial charge in [-0.25, -0.2) is 8.42 Å². The van der Waals surface area contributed by atoms with Crippen molar-refractivity contribution in [1.29, 1.82) is 0 Å². The lowest BCUT2D eigenvalue weighted by atomic mass is 9.95. The minimum Gasteiger partial charge on any atom is -0.356 e. The van der Waals surface area contributed by atoms with Crippen LogP contribution in [0, 0.1) is 5.92 Å². The quantitative estimate of drug-likeness (QED) is 0.554. The van der Waals surface area contributed by atoms with Gasteiger partial charge in [0, 0.05) is 41.4 Å². The van der Waals surface area contributed by atoms with Crippen molar-refractivity contribution in [2.24, 2.45) is 10.9 Å². The molecule has 2 rings (SSSR count). The Kier molecular flexibility index (Phi) is 6.88. The summed E-state index contributed by atoms with van der Waals surface area (Å²) in [7, 11) is -1.84. The molecule has 1 saturated heterocycles. The molecule has 1 saturated carbocycles. The van der Waals surface area contributed by atoms with Crippen LogP contribution in [0.1, 0.15) is 39.0 Å². The monoisotopic (exact) mass is 363 g/mol. The van der Waals surface area contributed by atoms with Gasteiger partial charge in [-0.1, -0.05) is 13.3 Å². The highest BCUT2D eigenvalue weighted by atomic mass is 32.2. The van der Waals surface area contributed by atoms with Crippen LogP contribution in [0.2, 0.25) is 0 Å². The fraction of sp³-hybridized carbons (Fsp3) is 0.933. The molecule has 23 heavy (non-hydrogen) atoms. The molecule has 0 spiro atoms. The molecule has 1 aliphatic heterocycles. The van der Waals surface area contributed by atoms with Gasteiger partial charge in [-0.2, -0.15) is 0 Å². The third-order valence-corrected chi connectivity index (χ3v) is 8.31. The van der Waals surface area contributed by atoms with Crippen LogP contribution in [0.4, 0.5) is 0 Å². The van der Waals surface area contributed by atoms with Crippen molar-refractivity contribution in [3.05, 3.63) is 0 Å². The van der Waals surface area contributed by atoms with E-state index in [2.05, 4.69) is 15.6 Å². The number of sulfone groups is 1. The Hall–Kier alpha value is -0.630. The average Bonchev–Trinajstić information content (AvgIpc) is 2.90. The van der Waals surface area contributed by atoms with E-state index in [-0.39, 0.29) is 16.9 Å². The van der Waals surface area contributed by atoms with Gasteiger partial charge < -0.3 is 10.6 Å². The molecule has 4 unspecified atom stereocenters. The largest absolute Gasteiger partial charge is 0.356 e. The predicted molar refractivity (Wildman–Crippen MR) is 96.0 cm³/mol. The van der Waals surface area contributed by atoms with Gasteiger partial charge in [0.05, 0.1) is 11.5 Å². The second-order valence-corrected chi connectivity index (χ2v) is 10.8. The fourth-order valence-electron chi connectivity index (χ4n) is 3.41. The number of guanidine groups is 1. The van der Waals surface area contributed by atoms with Gasteiger partial charge in [0.15, 0.2) is 15.8 Å². The highest BCUT2D eigenvalue weighted by Crippen LogP contribution is 2.23. The summed E-state index contributed by atoms with van der Waals surface area (Å²) < 4.78 is 35.0. The third-order valence-electron chi connectivity index (χ3n) is 4.73. The summed E-state index contributed by atoms with van der Waals surface area (Å²) in [5, 5.41) is 6.95. The number of rotatable bonds is 5. The molecule has 0 aromatic carbocycles. The van der Waals surface area contributed by atoms with E-state index in [9.17, 15) is 12.6 Å². The summed E-state index contributed by atoms with van der Waals surface area (Å²) >= 11 is 0. The second-order valence-electron chi connectivity index (χ2n) is 6.52. The van der Waals surface area contributed by atoms with E-state index < -0.39 is 20.6 Å². The number of hydrogen-bond donors (Lipinski definition) is 2. The Morgan fingerprint density at radius 2 is 2.09 bits per heavy atom. The third kappa shape index (κ3) is 5.74. The first-order valence-electron chi connectivity index (χ1n) is 8.48. The molecule has 0 amide bonds. The second kappa shape index (κ2) is 8.46. The standard InChI is InChI=1S/C15H29N3O3S2/c1-3-22(19)14-6-4-5-13(9-14)18-15(16-2)17-10-12-7-8-23(20,21)11-12/h12-14H,3-11H2,1-2H3,(H2,16,17,18). The zero-order valence-corrected chi connectivity index (χ0v) is 15.7. The van der Waals surface area contributed by atoms with E-state index in [0.29, 0.717) is 18.3 Å². The van der Waals surface area contributed by atoms with Gasteiger partial charge in [0.25, 0.3) is 0 Å². The minimum atomic E-state index is -2.83. The maximum absolute atomic E-state index is 12.0. The lowest BCUT2D eigenvalue weighted by Gasteiger charge is -2.30. The summed E-state index contributed by atoms with van der Waals surface area (Å²) in [6.45, 7) is 2.61. The van der Waals surface area contributed by atoms with E-state index in [1.807, 2.05) is 6.92 Å². The number of aliphatic imine (C=N–C) groups is 1. The van der Waals surface area contributed by atoms with Gasteiger partial charge in [-0.15, -0.1) is 0 Å². The molecule has 6 nitrogen and oxygen atoms in total. The van der Waals surface area contributed by atoms with E-state index in [4.69, 9.17) is 0 Å². The molecule has 134 valence electrons. The Bertz CT molecular complexity index is 548. The molecule has 0 bridgehead atoms. The average molecular weight is 364 g/mol. The summed E-state index contributed by atoms with van der Waals surface area (Å²) in [5.41, 5.74) is 0. The SMILES string of the molecule is CCS(=O)C1CCCC(NC(=NC)NCC2CCS(=O)(=O)C2)C1. The fourth-order valence-corrected chi connectivity index (χ4v) is 6.62. The zero-order chi connectivity index (χ0) is 16.9. The van der Waals surface area contributed by atoms with Crippen LogP contribution in [-0.4, -0.2) is 60.7 Å². The Morgan fingerprint density at radius 1 is 1.30 bits per heavy atom. The summed E-state index contributed by atoms with van der Waals surface area (Å²) in [5.74, 6) is 2.20. The zero-order valence-electron chi connectivity index (χ0n) is 14.1. The highest BCUT2D eigenvalue weighted by molar-refractivity contribution is 7.91. The Morgan fingerprint density at radius 3 is 2.70 bits per heavy atom.